The molecule has 7 heteroatoms. The molecule has 1 aromatic carbocycles. The van der Waals surface area contributed by atoms with Crippen LogP contribution in [-0.4, -0.2) is 27.5 Å². The highest BCUT2D eigenvalue weighted by Crippen LogP contribution is 2.25. The lowest BCUT2D eigenvalue weighted by Crippen LogP contribution is -2.29. The Balaban J connectivity index is 2.11. The van der Waals surface area contributed by atoms with Crippen molar-refractivity contribution in [3.05, 3.63) is 23.2 Å². The fourth-order valence-electron chi connectivity index (χ4n) is 1.98. The Morgan fingerprint density at radius 3 is 2.89 bits per heavy atom. The number of rotatable bonds is 4. The molecule has 1 atom stereocenters. The van der Waals surface area contributed by atoms with Crippen molar-refractivity contribution in [2.24, 2.45) is 5.14 Å². The van der Waals surface area contributed by atoms with Gasteiger partial charge in [0.15, 0.2) is 0 Å². The molecule has 1 saturated heterocycles. The maximum Gasteiger partial charge on any atom is 0.238 e. The van der Waals surface area contributed by atoms with E-state index < -0.39 is 10.0 Å². The van der Waals surface area contributed by atoms with Gasteiger partial charge in [0.2, 0.25) is 10.0 Å². The Bertz CT molecular complexity index is 527. The predicted molar refractivity (Wildman–Crippen MR) is 72.3 cm³/mol. The third kappa shape index (κ3) is 3.35. The van der Waals surface area contributed by atoms with E-state index in [1.54, 1.807) is 0 Å². The minimum Gasteiger partial charge on any atom is -0.382 e. The lowest BCUT2D eigenvalue weighted by molar-refractivity contribution is 0.598. The molecule has 0 saturated carbocycles. The summed E-state index contributed by atoms with van der Waals surface area (Å²) >= 11 is 6.01. The van der Waals surface area contributed by atoms with E-state index >= 15 is 0 Å². The molecule has 2 rings (SSSR count). The molecule has 0 bridgehead atoms. The SMILES string of the molecule is NS(=O)(=O)c1ccc(Cl)c(NCC2CCCN2)c1. The van der Waals surface area contributed by atoms with E-state index in [-0.39, 0.29) is 4.90 Å². The van der Waals surface area contributed by atoms with E-state index in [1.807, 2.05) is 0 Å². The molecule has 0 radical (unpaired) electrons. The number of hydrogen-bond acceptors (Lipinski definition) is 4. The van der Waals surface area contributed by atoms with Gasteiger partial charge in [-0.25, -0.2) is 13.6 Å². The van der Waals surface area contributed by atoms with Gasteiger partial charge >= 0.3 is 0 Å². The van der Waals surface area contributed by atoms with Crippen molar-refractivity contribution in [1.29, 1.82) is 0 Å². The molecule has 4 N–H and O–H groups in total. The third-order valence-electron chi connectivity index (χ3n) is 2.97. The zero-order valence-electron chi connectivity index (χ0n) is 9.82. The Hall–Kier alpha value is -0.820. The quantitative estimate of drug-likeness (QED) is 0.776. The van der Waals surface area contributed by atoms with Gasteiger partial charge in [-0.1, -0.05) is 11.6 Å². The van der Waals surface area contributed by atoms with Crippen molar-refractivity contribution < 1.29 is 8.42 Å². The number of primary sulfonamides is 1. The lowest BCUT2D eigenvalue weighted by atomic mass is 10.2. The van der Waals surface area contributed by atoms with Crippen LogP contribution in [-0.2, 0) is 10.0 Å². The molecule has 1 fully saturated rings. The largest absolute Gasteiger partial charge is 0.382 e. The first-order valence-corrected chi connectivity index (χ1v) is 7.69. The number of sulfonamides is 1. The highest BCUT2D eigenvalue weighted by molar-refractivity contribution is 7.89. The maximum atomic E-state index is 11.3. The van der Waals surface area contributed by atoms with Gasteiger partial charge in [0.05, 0.1) is 15.6 Å². The van der Waals surface area contributed by atoms with E-state index in [9.17, 15) is 8.42 Å². The second-order valence-electron chi connectivity index (χ2n) is 4.36. The molecule has 1 heterocycles. The molecule has 0 aliphatic carbocycles. The van der Waals surface area contributed by atoms with E-state index in [0.29, 0.717) is 23.3 Å². The average Bonchev–Trinajstić information content (AvgIpc) is 2.79. The molecule has 18 heavy (non-hydrogen) atoms. The van der Waals surface area contributed by atoms with Crippen molar-refractivity contribution in [3.63, 3.8) is 0 Å². The van der Waals surface area contributed by atoms with E-state index in [4.69, 9.17) is 16.7 Å². The summed E-state index contributed by atoms with van der Waals surface area (Å²) in [6.07, 6.45) is 2.27. The minimum absolute atomic E-state index is 0.0637. The van der Waals surface area contributed by atoms with Crippen LogP contribution in [0.4, 0.5) is 5.69 Å². The Labute approximate surface area is 112 Å². The van der Waals surface area contributed by atoms with Gasteiger partial charge in [-0.3, -0.25) is 0 Å². The Morgan fingerprint density at radius 2 is 2.28 bits per heavy atom. The van der Waals surface area contributed by atoms with Crippen LogP contribution < -0.4 is 15.8 Å². The van der Waals surface area contributed by atoms with Gasteiger partial charge < -0.3 is 10.6 Å². The van der Waals surface area contributed by atoms with Gasteiger partial charge in [-0.2, -0.15) is 0 Å². The van der Waals surface area contributed by atoms with Crippen LogP contribution in [0.25, 0.3) is 0 Å². The summed E-state index contributed by atoms with van der Waals surface area (Å²) < 4.78 is 22.5. The predicted octanol–water partition coefficient (Wildman–Crippen LogP) is 1.15. The topological polar surface area (TPSA) is 84.2 Å². The van der Waals surface area contributed by atoms with Gasteiger partial charge in [-0.05, 0) is 37.6 Å². The zero-order chi connectivity index (χ0) is 13.2. The minimum atomic E-state index is -3.69. The second-order valence-corrected chi connectivity index (χ2v) is 6.33. The van der Waals surface area contributed by atoms with Gasteiger partial charge in [0, 0.05) is 12.6 Å². The maximum absolute atomic E-state index is 11.3. The summed E-state index contributed by atoms with van der Waals surface area (Å²) in [5.74, 6) is 0. The number of benzene rings is 1. The molecular formula is C11H16ClN3O2S. The fraction of sp³-hybridized carbons (Fsp3) is 0.455. The fourth-order valence-corrected chi connectivity index (χ4v) is 2.71. The summed E-state index contributed by atoms with van der Waals surface area (Å²) in [6.45, 7) is 1.74. The number of nitrogens with one attached hydrogen (secondary N) is 2. The van der Waals surface area contributed by atoms with Crippen LogP contribution in [0.3, 0.4) is 0 Å². The highest BCUT2D eigenvalue weighted by Gasteiger charge is 2.15. The first-order valence-electron chi connectivity index (χ1n) is 5.76. The average molecular weight is 290 g/mol. The number of nitrogens with two attached hydrogens (primary N) is 1. The molecule has 1 aliphatic rings. The second kappa shape index (κ2) is 5.44. The number of anilines is 1. The van der Waals surface area contributed by atoms with Gasteiger partial charge in [0.1, 0.15) is 0 Å². The smallest absolute Gasteiger partial charge is 0.238 e. The molecule has 5 nitrogen and oxygen atoms in total. The standard InChI is InChI=1S/C11H16ClN3O2S/c12-10-4-3-9(18(13,16)17)6-11(10)15-7-8-2-1-5-14-8/h3-4,6,8,14-15H,1-2,5,7H2,(H2,13,16,17). The summed E-state index contributed by atoms with van der Waals surface area (Å²) in [7, 11) is -3.69. The summed E-state index contributed by atoms with van der Waals surface area (Å²) in [5, 5.41) is 12.1. The van der Waals surface area contributed by atoms with Crippen LogP contribution in [0, 0.1) is 0 Å². The van der Waals surface area contributed by atoms with Gasteiger partial charge in [0.25, 0.3) is 0 Å². The van der Waals surface area contributed by atoms with Crippen LogP contribution >= 0.6 is 11.6 Å². The molecule has 0 spiro atoms. The van der Waals surface area contributed by atoms with E-state index in [1.165, 1.54) is 18.2 Å². The van der Waals surface area contributed by atoms with Crippen molar-refractivity contribution in [2.75, 3.05) is 18.4 Å². The molecule has 1 aliphatic heterocycles. The van der Waals surface area contributed by atoms with Crippen LogP contribution in [0.15, 0.2) is 23.1 Å². The molecular weight excluding hydrogens is 274 g/mol. The summed E-state index contributed by atoms with van der Waals surface area (Å²) in [4.78, 5) is 0.0637. The monoisotopic (exact) mass is 289 g/mol. The van der Waals surface area contributed by atoms with E-state index in [2.05, 4.69) is 10.6 Å². The molecule has 1 aromatic rings. The number of hydrogen-bond donors (Lipinski definition) is 3. The third-order valence-corrected chi connectivity index (χ3v) is 4.21. The molecule has 0 amide bonds. The molecule has 100 valence electrons. The Kier molecular flexibility index (Phi) is 4.11. The van der Waals surface area contributed by atoms with Gasteiger partial charge in [-0.15, -0.1) is 0 Å². The van der Waals surface area contributed by atoms with E-state index in [0.717, 1.165) is 19.4 Å². The van der Waals surface area contributed by atoms with Crippen LogP contribution in [0.1, 0.15) is 12.8 Å². The zero-order valence-corrected chi connectivity index (χ0v) is 11.4. The van der Waals surface area contributed by atoms with Crippen molar-refractivity contribution in [1.82, 2.24) is 5.32 Å². The first kappa shape index (κ1) is 13.6. The van der Waals surface area contributed by atoms with Crippen LogP contribution in [0.5, 0.6) is 0 Å². The number of halogens is 1. The Morgan fingerprint density at radius 1 is 1.50 bits per heavy atom. The lowest BCUT2D eigenvalue weighted by Gasteiger charge is -2.14. The summed E-state index contributed by atoms with van der Waals surface area (Å²) in [5.41, 5.74) is 0.594. The molecule has 1 unspecified atom stereocenters. The van der Waals surface area contributed by atoms with Crippen LogP contribution in [0.2, 0.25) is 5.02 Å². The van der Waals surface area contributed by atoms with Crippen molar-refractivity contribution in [3.8, 4) is 0 Å². The normalized spacial score (nSPS) is 20.0. The van der Waals surface area contributed by atoms with Crippen molar-refractivity contribution in [2.45, 2.75) is 23.8 Å². The summed E-state index contributed by atoms with van der Waals surface area (Å²) in [6, 6.07) is 4.80. The highest BCUT2D eigenvalue weighted by atomic mass is 35.5. The van der Waals surface area contributed by atoms with Crippen molar-refractivity contribution >= 4 is 27.3 Å². The molecule has 0 aromatic heterocycles. The first-order chi connectivity index (χ1) is 8.47.